The van der Waals surface area contributed by atoms with Crippen molar-refractivity contribution in [2.24, 2.45) is 0 Å². The molecule has 0 N–H and O–H groups in total. The minimum atomic E-state index is -4.50. The maximum atomic E-state index is 12.6. The van der Waals surface area contributed by atoms with Crippen molar-refractivity contribution in [3.63, 3.8) is 0 Å². The summed E-state index contributed by atoms with van der Waals surface area (Å²) in [5, 5.41) is 0. The summed E-state index contributed by atoms with van der Waals surface area (Å²) in [5.41, 5.74) is -0.671. The van der Waals surface area contributed by atoms with E-state index >= 15 is 0 Å². The molecule has 4 nitrogen and oxygen atoms in total. The van der Waals surface area contributed by atoms with Gasteiger partial charge in [-0.1, -0.05) is 0 Å². The molecule has 0 aliphatic carbocycles. The van der Waals surface area contributed by atoms with Crippen LogP contribution < -0.4 is 0 Å². The maximum absolute atomic E-state index is 12.6. The molecular formula is C14H17F3N2O2. The number of aromatic nitrogens is 1. The average molecular weight is 302 g/mol. The van der Waals surface area contributed by atoms with Crippen molar-refractivity contribution in [2.75, 3.05) is 20.3 Å². The maximum Gasteiger partial charge on any atom is 0.433 e. The lowest BCUT2D eigenvalue weighted by Gasteiger charge is -2.24. The van der Waals surface area contributed by atoms with Crippen LogP contribution in [0, 0.1) is 6.92 Å². The Bertz CT molecular complexity index is 531. The molecule has 0 unspecified atom stereocenters. The number of methoxy groups -OCH3 is 1. The molecule has 1 aliphatic heterocycles. The van der Waals surface area contributed by atoms with Gasteiger partial charge in [0.25, 0.3) is 5.91 Å². The van der Waals surface area contributed by atoms with Crippen molar-refractivity contribution >= 4 is 5.91 Å². The Morgan fingerprint density at radius 1 is 1.48 bits per heavy atom. The Morgan fingerprint density at radius 2 is 2.19 bits per heavy atom. The third-order valence-corrected chi connectivity index (χ3v) is 3.60. The van der Waals surface area contributed by atoms with Gasteiger partial charge in [0.2, 0.25) is 0 Å². The first kappa shape index (κ1) is 15.8. The third kappa shape index (κ3) is 3.34. The third-order valence-electron chi connectivity index (χ3n) is 3.60. The first-order valence-corrected chi connectivity index (χ1v) is 6.69. The van der Waals surface area contributed by atoms with Crippen LogP contribution in [0.2, 0.25) is 0 Å². The van der Waals surface area contributed by atoms with Gasteiger partial charge in [0, 0.05) is 13.7 Å². The van der Waals surface area contributed by atoms with Gasteiger partial charge in [0.05, 0.1) is 23.9 Å². The molecule has 1 atom stereocenters. The second-order valence-corrected chi connectivity index (χ2v) is 5.08. The Kier molecular flexibility index (Phi) is 4.51. The summed E-state index contributed by atoms with van der Waals surface area (Å²) in [5.74, 6) is -0.284. The summed E-state index contributed by atoms with van der Waals surface area (Å²) in [7, 11) is 1.56. The molecule has 21 heavy (non-hydrogen) atoms. The van der Waals surface area contributed by atoms with Gasteiger partial charge in [-0.15, -0.1) is 0 Å². The highest BCUT2D eigenvalue weighted by Gasteiger charge is 2.34. The highest BCUT2D eigenvalue weighted by Crippen LogP contribution is 2.29. The van der Waals surface area contributed by atoms with Crippen LogP contribution in [0.3, 0.4) is 0 Å². The van der Waals surface area contributed by atoms with Crippen LogP contribution in [0.5, 0.6) is 0 Å². The first-order valence-electron chi connectivity index (χ1n) is 6.69. The van der Waals surface area contributed by atoms with E-state index in [0.717, 1.165) is 18.9 Å². The second kappa shape index (κ2) is 6.01. The van der Waals surface area contributed by atoms with Gasteiger partial charge in [-0.3, -0.25) is 4.79 Å². The second-order valence-electron chi connectivity index (χ2n) is 5.08. The molecule has 1 amide bonds. The van der Waals surface area contributed by atoms with E-state index < -0.39 is 11.9 Å². The fourth-order valence-corrected chi connectivity index (χ4v) is 2.57. The van der Waals surface area contributed by atoms with Gasteiger partial charge in [-0.2, -0.15) is 13.2 Å². The summed E-state index contributed by atoms with van der Waals surface area (Å²) in [6.07, 6.45) is -2.79. The molecule has 2 rings (SSSR count). The van der Waals surface area contributed by atoms with E-state index in [-0.39, 0.29) is 23.2 Å². The topological polar surface area (TPSA) is 42.4 Å². The normalized spacial score (nSPS) is 19.1. The average Bonchev–Trinajstić information content (AvgIpc) is 2.85. The standard InChI is InChI=1S/C14H17F3N2O2/c1-9-11(5-6-12(18-9)14(15,16)17)13(20)19-7-3-4-10(19)8-21-2/h5-6,10H,3-4,7-8H2,1-2H3/t10-/m1/s1. The monoisotopic (exact) mass is 302 g/mol. The summed E-state index contributed by atoms with van der Waals surface area (Å²) < 4.78 is 42.8. The van der Waals surface area contributed by atoms with Crippen LogP contribution in [-0.2, 0) is 10.9 Å². The largest absolute Gasteiger partial charge is 0.433 e. The smallest absolute Gasteiger partial charge is 0.383 e. The predicted molar refractivity (Wildman–Crippen MR) is 69.9 cm³/mol. The van der Waals surface area contributed by atoms with Crippen molar-refractivity contribution in [2.45, 2.75) is 32.0 Å². The van der Waals surface area contributed by atoms with E-state index in [1.54, 1.807) is 12.0 Å². The van der Waals surface area contributed by atoms with E-state index in [1.807, 2.05) is 0 Å². The van der Waals surface area contributed by atoms with Gasteiger partial charge in [-0.25, -0.2) is 4.98 Å². The van der Waals surface area contributed by atoms with Gasteiger partial charge in [0.1, 0.15) is 5.69 Å². The molecule has 0 aromatic carbocycles. The zero-order valence-electron chi connectivity index (χ0n) is 11.9. The van der Waals surface area contributed by atoms with Crippen molar-refractivity contribution in [3.8, 4) is 0 Å². The number of amides is 1. The Labute approximate surface area is 120 Å². The van der Waals surface area contributed by atoms with Gasteiger partial charge < -0.3 is 9.64 Å². The van der Waals surface area contributed by atoms with E-state index in [1.165, 1.54) is 13.0 Å². The number of carbonyl (C=O) groups excluding carboxylic acids is 1. The minimum Gasteiger partial charge on any atom is -0.383 e. The summed E-state index contributed by atoms with van der Waals surface area (Å²) in [6, 6.07) is 2.03. The van der Waals surface area contributed by atoms with E-state index in [9.17, 15) is 18.0 Å². The number of nitrogens with zero attached hydrogens (tertiary/aromatic N) is 2. The predicted octanol–water partition coefficient (Wildman–Crippen LogP) is 2.66. The number of aryl methyl sites for hydroxylation is 1. The lowest BCUT2D eigenvalue weighted by atomic mass is 10.1. The summed E-state index contributed by atoms with van der Waals surface area (Å²) in [4.78, 5) is 17.6. The van der Waals surface area contributed by atoms with Gasteiger partial charge >= 0.3 is 6.18 Å². The molecule has 2 heterocycles. The van der Waals surface area contributed by atoms with E-state index in [0.29, 0.717) is 13.2 Å². The van der Waals surface area contributed by atoms with Crippen LogP contribution in [0.15, 0.2) is 12.1 Å². The number of alkyl halides is 3. The quantitative estimate of drug-likeness (QED) is 0.862. The fraction of sp³-hybridized carbons (Fsp3) is 0.571. The van der Waals surface area contributed by atoms with Gasteiger partial charge in [-0.05, 0) is 31.9 Å². The molecule has 0 saturated carbocycles. The molecule has 1 fully saturated rings. The number of ether oxygens (including phenoxy) is 1. The molecule has 0 radical (unpaired) electrons. The van der Waals surface area contributed by atoms with Crippen molar-refractivity contribution < 1.29 is 22.7 Å². The van der Waals surface area contributed by atoms with Crippen molar-refractivity contribution in [3.05, 3.63) is 29.1 Å². The van der Waals surface area contributed by atoms with Gasteiger partial charge in [0.15, 0.2) is 0 Å². The Morgan fingerprint density at radius 3 is 2.76 bits per heavy atom. The number of halogens is 3. The fourth-order valence-electron chi connectivity index (χ4n) is 2.57. The van der Waals surface area contributed by atoms with Crippen LogP contribution in [-0.4, -0.2) is 42.1 Å². The summed E-state index contributed by atoms with van der Waals surface area (Å²) in [6.45, 7) is 2.44. The lowest BCUT2D eigenvalue weighted by molar-refractivity contribution is -0.141. The first-order chi connectivity index (χ1) is 9.84. The molecule has 7 heteroatoms. The van der Waals surface area contributed by atoms with Crippen molar-refractivity contribution in [1.82, 2.24) is 9.88 Å². The van der Waals surface area contributed by atoms with Crippen LogP contribution >= 0.6 is 0 Å². The van der Waals surface area contributed by atoms with Crippen molar-refractivity contribution in [1.29, 1.82) is 0 Å². The van der Waals surface area contributed by atoms with E-state index in [2.05, 4.69) is 4.98 Å². The SMILES string of the molecule is COC[C@H]1CCCN1C(=O)c1ccc(C(F)(F)F)nc1C. The number of pyridine rings is 1. The van der Waals surface area contributed by atoms with Crippen LogP contribution in [0.25, 0.3) is 0 Å². The highest BCUT2D eigenvalue weighted by atomic mass is 19.4. The molecule has 1 aromatic heterocycles. The zero-order chi connectivity index (χ0) is 15.6. The molecule has 1 saturated heterocycles. The number of rotatable bonds is 3. The molecule has 1 aliphatic rings. The molecule has 0 spiro atoms. The molecule has 116 valence electrons. The number of carbonyl (C=O) groups is 1. The molecule has 1 aromatic rings. The Balaban J connectivity index is 2.23. The molecular weight excluding hydrogens is 285 g/mol. The Hall–Kier alpha value is -1.63. The zero-order valence-corrected chi connectivity index (χ0v) is 11.9. The molecule has 0 bridgehead atoms. The number of hydrogen-bond donors (Lipinski definition) is 0. The summed E-state index contributed by atoms with van der Waals surface area (Å²) >= 11 is 0. The highest BCUT2D eigenvalue weighted by molar-refractivity contribution is 5.95. The van der Waals surface area contributed by atoms with Crippen LogP contribution in [0.1, 0.15) is 34.6 Å². The number of likely N-dealkylation sites (tertiary alicyclic amines) is 1. The van der Waals surface area contributed by atoms with Crippen LogP contribution in [0.4, 0.5) is 13.2 Å². The van der Waals surface area contributed by atoms with E-state index in [4.69, 9.17) is 4.74 Å². The minimum absolute atomic E-state index is 0.0239. The number of hydrogen-bond acceptors (Lipinski definition) is 3. The lowest BCUT2D eigenvalue weighted by Crippen LogP contribution is -2.38.